The highest BCUT2D eigenvalue weighted by Crippen LogP contribution is 2.23. The Hall–Kier alpha value is -2.59. The minimum atomic E-state index is -0.528. The number of hydrogen-bond acceptors (Lipinski definition) is 6. The molecule has 1 aromatic heterocycles. The molecule has 0 spiro atoms. The van der Waals surface area contributed by atoms with Crippen molar-refractivity contribution in [2.24, 2.45) is 5.73 Å². The average molecular weight is 391 g/mol. The van der Waals surface area contributed by atoms with Gasteiger partial charge in [-0.25, -0.2) is 9.89 Å². The quantitative estimate of drug-likeness (QED) is 0.603. The maximum atomic E-state index is 12.4. The lowest BCUT2D eigenvalue weighted by molar-refractivity contribution is -0.115. The van der Waals surface area contributed by atoms with Gasteiger partial charge in [0.05, 0.1) is 17.9 Å². The maximum Gasteiger partial charge on any atom is 0.344 e. The van der Waals surface area contributed by atoms with Crippen molar-refractivity contribution >= 4 is 29.3 Å². The smallest absolute Gasteiger partial charge is 0.344 e. The minimum Gasteiger partial charge on any atom is -0.376 e. The number of nitrogens with two attached hydrogens (primary N) is 1. The number of benzene rings is 1. The van der Waals surface area contributed by atoms with Crippen LogP contribution in [0.15, 0.2) is 34.2 Å². The fraction of sp³-hybridized carbons (Fsp3) is 0.412. The lowest BCUT2D eigenvalue weighted by Crippen LogP contribution is -2.27. The monoisotopic (exact) mass is 391 g/mol. The van der Waals surface area contributed by atoms with Gasteiger partial charge in [-0.2, -0.15) is 0 Å². The summed E-state index contributed by atoms with van der Waals surface area (Å²) in [4.78, 5) is 35.5. The molecule has 1 aliphatic heterocycles. The van der Waals surface area contributed by atoms with E-state index < -0.39 is 11.2 Å². The molecule has 2 amide bonds. The molecule has 4 N–H and O–H groups in total. The lowest BCUT2D eigenvalue weighted by atomic mass is 10.2. The van der Waals surface area contributed by atoms with E-state index >= 15 is 0 Å². The maximum absolute atomic E-state index is 12.4. The summed E-state index contributed by atoms with van der Waals surface area (Å²) in [5.74, 6) is -0.773. The number of ether oxygens (including phenoxy) is 1. The molecule has 2 unspecified atom stereocenters. The summed E-state index contributed by atoms with van der Waals surface area (Å²) in [5, 5.41) is 9.17. The SMILES string of the molecule is CC(Sc1n[nH]c(=O)n1CC1CCCO1)C(=O)Nc1ccc(C(N)=O)cc1. The van der Waals surface area contributed by atoms with Crippen LogP contribution in [0.3, 0.4) is 0 Å². The Morgan fingerprint density at radius 3 is 2.81 bits per heavy atom. The number of rotatable bonds is 7. The number of nitrogens with one attached hydrogen (secondary N) is 2. The zero-order chi connectivity index (χ0) is 19.4. The van der Waals surface area contributed by atoms with Crippen molar-refractivity contribution in [3.8, 4) is 0 Å². The van der Waals surface area contributed by atoms with Crippen LogP contribution in [0.25, 0.3) is 0 Å². The van der Waals surface area contributed by atoms with E-state index in [-0.39, 0.29) is 17.7 Å². The third-order valence-corrected chi connectivity index (χ3v) is 5.31. The fourth-order valence-electron chi connectivity index (χ4n) is 2.72. The van der Waals surface area contributed by atoms with Crippen LogP contribution in [0.2, 0.25) is 0 Å². The van der Waals surface area contributed by atoms with Crippen molar-refractivity contribution in [2.45, 2.75) is 42.8 Å². The second-order valence-corrected chi connectivity index (χ2v) is 7.56. The standard InChI is InChI=1S/C17H21N5O4S/c1-10(15(24)19-12-6-4-11(5-7-12)14(18)23)27-17-21-20-16(25)22(17)9-13-3-2-8-26-13/h4-7,10,13H,2-3,8-9H2,1H3,(H2,18,23)(H,19,24)(H,20,25). The van der Waals surface area contributed by atoms with Gasteiger partial charge < -0.3 is 15.8 Å². The Labute approximate surface area is 159 Å². The van der Waals surface area contributed by atoms with Gasteiger partial charge in [0.2, 0.25) is 11.8 Å². The Balaban J connectivity index is 1.62. The number of aromatic nitrogens is 3. The van der Waals surface area contributed by atoms with Crippen LogP contribution in [0.4, 0.5) is 5.69 Å². The van der Waals surface area contributed by atoms with Crippen LogP contribution in [-0.2, 0) is 16.1 Å². The van der Waals surface area contributed by atoms with Crippen molar-refractivity contribution in [3.63, 3.8) is 0 Å². The summed E-state index contributed by atoms with van der Waals surface area (Å²) in [7, 11) is 0. The van der Waals surface area contributed by atoms with Gasteiger partial charge in [-0.3, -0.25) is 14.2 Å². The first-order valence-corrected chi connectivity index (χ1v) is 9.46. The number of amides is 2. The normalized spacial score (nSPS) is 17.6. The molecule has 2 aromatic rings. The Bertz CT molecular complexity index is 870. The topological polar surface area (TPSA) is 132 Å². The summed E-state index contributed by atoms with van der Waals surface area (Å²) < 4.78 is 7.08. The third-order valence-electron chi connectivity index (χ3n) is 4.22. The number of nitrogens with zero attached hydrogens (tertiary/aromatic N) is 2. The van der Waals surface area contributed by atoms with Crippen LogP contribution in [0.5, 0.6) is 0 Å². The molecular formula is C17H21N5O4S. The zero-order valence-corrected chi connectivity index (χ0v) is 15.6. The first-order valence-electron chi connectivity index (χ1n) is 8.58. The molecule has 144 valence electrons. The predicted octanol–water partition coefficient (Wildman–Crippen LogP) is 0.969. The first kappa shape index (κ1) is 19.2. The highest BCUT2D eigenvalue weighted by molar-refractivity contribution is 8.00. The fourth-order valence-corrected chi connectivity index (χ4v) is 3.58. The van der Waals surface area contributed by atoms with E-state index in [1.54, 1.807) is 31.2 Å². The number of carbonyl (C=O) groups excluding carboxylic acids is 2. The van der Waals surface area contributed by atoms with E-state index in [1.165, 1.54) is 16.3 Å². The Morgan fingerprint density at radius 1 is 1.44 bits per heavy atom. The molecule has 0 radical (unpaired) electrons. The van der Waals surface area contributed by atoms with Crippen LogP contribution in [0.1, 0.15) is 30.1 Å². The summed E-state index contributed by atoms with van der Waals surface area (Å²) in [6, 6.07) is 6.31. The summed E-state index contributed by atoms with van der Waals surface area (Å²) in [6.07, 6.45) is 1.87. The van der Waals surface area contributed by atoms with Crippen LogP contribution < -0.4 is 16.7 Å². The molecule has 9 nitrogen and oxygen atoms in total. The highest BCUT2D eigenvalue weighted by Gasteiger charge is 2.23. The van der Waals surface area contributed by atoms with Gasteiger partial charge in [0.15, 0.2) is 5.16 Å². The van der Waals surface area contributed by atoms with E-state index in [0.29, 0.717) is 29.6 Å². The minimum absolute atomic E-state index is 0.00690. The van der Waals surface area contributed by atoms with E-state index in [0.717, 1.165) is 12.8 Å². The van der Waals surface area contributed by atoms with Gasteiger partial charge in [0.1, 0.15) is 0 Å². The van der Waals surface area contributed by atoms with E-state index in [9.17, 15) is 14.4 Å². The largest absolute Gasteiger partial charge is 0.376 e. The molecule has 0 aliphatic carbocycles. The average Bonchev–Trinajstić information content (AvgIpc) is 3.27. The van der Waals surface area contributed by atoms with Crippen LogP contribution in [-0.4, -0.2) is 44.5 Å². The number of carbonyl (C=O) groups is 2. The lowest BCUT2D eigenvalue weighted by Gasteiger charge is -2.14. The second-order valence-electron chi connectivity index (χ2n) is 6.25. The van der Waals surface area contributed by atoms with Crippen LogP contribution in [0, 0.1) is 0 Å². The molecule has 2 heterocycles. The molecule has 1 aromatic carbocycles. The second kappa shape index (κ2) is 8.40. The van der Waals surface area contributed by atoms with Crippen LogP contribution >= 0.6 is 11.8 Å². The zero-order valence-electron chi connectivity index (χ0n) is 14.8. The molecule has 1 fully saturated rings. The predicted molar refractivity (Wildman–Crippen MR) is 101 cm³/mol. The van der Waals surface area contributed by atoms with Crippen molar-refractivity contribution in [2.75, 3.05) is 11.9 Å². The summed E-state index contributed by atoms with van der Waals surface area (Å²) in [6.45, 7) is 2.85. The van der Waals surface area contributed by atoms with E-state index in [2.05, 4.69) is 15.5 Å². The van der Waals surface area contributed by atoms with Gasteiger partial charge >= 0.3 is 5.69 Å². The summed E-state index contributed by atoms with van der Waals surface area (Å²) >= 11 is 1.19. The number of anilines is 1. The number of primary amides is 1. The van der Waals surface area contributed by atoms with Crippen molar-refractivity contribution in [3.05, 3.63) is 40.3 Å². The van der Waals surface area contributed by atoms with Gasteiger partial charge in [-0.1, -0.05) is 11.8 Å². The third kappa shape index (κ3) is 4.77. The van der Waals surface area contributed by atoms with Crippen molar-refractivity contribution in [1.29, 1.82) is 0 Å². The van der Waals surface area contributed by atoms with Gasteiger partial charge in [0.25, 0.3) is 0 Å². The molecule has 2 atom stereocenters. The van der Waals surface area contributed by atoms with Crippen molar-refractivity contribution in [1.82, 2.24) is 14.8 Å². The number of thioether (sulfide) groups is 1. The molecule has 1 saturated heterocycles. The molecular weight excluding hydrogens is 370 g/mol. The van der Waals surface area contributed by atoms with Gasteiger partial charge in [-0.05, 0) is 44.0 Å². The van der Waals surface area contributed by atoms with Gasteiger partial charge in [-0.15, -0.1) is 5.10 Å². The Morgan fingerprint density at radius 2 is 2.19 bits per heavy atom. The number of aromatic amines is 1. The Kier molecular flexibility index (Phi) is 5.97. The highest BCUT2D eigenvalue weighted by atomic mass is 32.2. The van der Waals surface area contributed by atoms with E-state index in [1.807, 2.05) is 0 Å². The van der Waals surface area contributed by atoms with Crippen molar-refractivity contribution < 1.29 is 14.3 Å². The first-order chi connectivity index (χ1) is 12.9. The number of hydrogen-bond donors (Lipinski definition) is 3. The molecule has 3 rings (SSSR count). The van der Waals surface area contributed by atoms with E-state index in [4.69, 9.17) is 10.5 Å². The number of H-pyrrole nitrogens is 1. The van der Waals surface area contributed by atoms with Gasteiger partial charge in [0, 0.05) is 17.9 Å². The molecule has 10 heteroatoms. The summed E-state index contributed by atoms with van der Waals surface area (Å²) in [5.41, 5.74) is 5.80. The molecule has 0 saturated carbocycles. The molecule has 1 aliphatic rings. The molecule has 0 bridgehead atoms. The molecule has 27 heavy (non-hydrogen) atoms.